The maximum absolute atomic E-state index is 13.3. The van der Waals surface area contributed by atoms with Gasteiger partial charge in [-0.15, -0.1) is 11.3 Å². The Balaban J connectivity index is 1.93. The summed E-state index contributed by atoms with van der Waals surface area (Å²) in [5.41, 5.74) is 3.09. The average molecular weight is 361 g/mol. The Morgan fingerprint density at radius 2 is 2.05 bits per heavy atom. The van der Waals surface area contributed by atoms with E-state index in [4.69, 9.17) is 0 Å². The van der Waals surface area contributed by atoms with Gasteiger partial charge in [0, 0.05) is 9.17 Å². The second-order valence-corrected chi connectivity index (χ2v) is 7.00. The number of hydrogen-bond donors (Lipinski definition) is 1. The Bertz CT molecular complexity index is 987. The number of hydrogen-bond acceptors (Lipinski definition) is 2. The van der Waals surface area contributed by atoms with Crippen LogP contribution < -0.4 is 0 Å². The molecule has 0 aliphatic carbocycles. The average Bonchev–Trinajstić information content (AvgIpc) is 3.01. The smallest absolute Gasteiger partial charge is 0.148 e. The zero-order chi connectivity index (χ0) is 14.6. The molecule has 0 atom stereocenters. The molecule has 5 heteroatoms. The van der Waals surface area contributed by atoms with Crippen molar-refractivity contribution in [2.45, 2.75) is 6.92 Å². The third-order valence-corrected chi connectivity index (χ3v) is 5.02. The fraction of sp³-hybridized carbons (Fsp3) is 0.0625. The number of thiophene rings is 1. The monoisotopic (exact) mass is 360 g/mol. The number of nitrogens with zero attached hydrogens (tertiary/aromatic N) is 1. The van der Waals surface area contributed by atoms with Crippen molar-refractivity contribution in [2.75, 3.05) is 0 Å². The van der Waals surface area contributed by atoms with Crippen molar-refractivity contribution in [2.24, 2.45) is 0 Å². The minimum atomic E-state index is -0.208. The van der Waals surface area contributed by atoms with Gasteiger partial charge in [-0.25, -0.2) is 9.37 Å². The van der Waals surface area contributed by atoms with Crippen molar-refractivity contribution in [3.63, 3.8) is 0 Å². The molecule has 0 spiro atoms. The molecule has 104 valence electrons. The molecule has 2 nitrogen and oxygen atoms in total. The van der Waals surface area contributed by atoms with Gasteiger partial charge < -0.3 is 4.98 Å². The van der Waals surface area contributed by atoms with Crippen molar-refractivity contribution in [1.29, 1.82) is 0 Å². The molecule has 1 N–H and O–H groups in total. The van der Waals surface area contributed by atoms with E-state index in [-0.39, 0.29) is 5.82 Å². The van der Waals surface area contributed by atoms with Crippen LogP contribution in [0.2, 0.25) is 0 Å². The lowest BCUT2D eigenvalue weighted by molar-refractivity contribution is 0.630. The number of aromatic amines is 1. The third-order valence-electron chi connectivity index (χ3n) is 3.46. The minimum Gasteiger partial charge on any atom is -0.337 e. The highest BCUT2D eigenvalue weighted by atomic mass is 79.9. The molecule has 0 saturated heterocycles. The number of fused-ring (bicyclic) bond motifs is 2. The van der Waals surface area contributed by atoms with E-state index in [2.05, 4.69) is 25.9 Å². The Kier molecular flexibility index (Phi) is 2.87. The molecule has 0 unspecified atom stereocenters. The van der Waals surface area contributed by atoms with E-state index in [1.54, 1.807) is 23.5 Å². The molecule has 2 aromatic heterocycles. The topological polar surface area (TPSA) is 28.7 Å². The van der Waals surface area contributed by atoms with Crippen molar-refractivity contribution in [1.82, 2.24) is 9.97 Å². The minimum absolute atomic E-state index is 0.208. The summed E-state index contributed by atoms with van der Waals surface area (Å²) in [5.74, 6) is 0.619. The van der Waals surface area contributed by atoms with E-state index in [9.17, 15) is 4.39 Å². The first-order valence-corrected chi connectivity index (χ1v) is 8.06. The van der Waals surface area contributed by atoms with Crippen LogP contribution in [0.25, 0.3) is 31.8 Å². The molecule has 21 heavy (non-hydrogen) atoms. The number of benzene rings is 2. The maximum atomic E-state index is 13.3. The van der Waals surface area contributed by atoms with Gasteiger partial charge in [0.2, 0.25) is 0 Å². The van der Waals surface area contributed by atoms with Crippen LogP contribution in [0.4, 0.5) is 4.39 Å². The molecular weight excluding hydrogens is 351 g/mol. The van der Waals surface area contributed by atoms with Crippen molar-refractivity contribution in [3.8, 4) is 10.7 Å². The van der Waals surface area contributed by atoms with E-state index in [0.717, 1.165) is 41.9 Å². The predicted molar refractivity (Wildman–Crippen MR) is 89.3 cm³/mol. The Morgan fingerprint density at radius 1 is 1.19 bits per heavy atom. The van der Waals surface area contributed by atoms with Crippen LogP contribution in [0, 0.1) is 12.7 Å². The second-order valence-electron chi connectivity index (χ2n) is 5.00. The molecule has 0 amide bonds. The van der Waals surface area contributed by atoms with Gasteiger partial charge in [0.1, 0.15) is 11.6 Å². The number of aryl methyl sites for hydroxylation is 1. The highest BCUT2D eigenvalue weighted by molar-refractivity contribution is 9.10. The van der Waals surface area contributed by atoms with Gasteiger partial charge in [0.05, 0.1) is 15.9 Å². The van der Waals surface area contributed by atoms with Crippen LogP contribution >= 0.6 is 27.3 Å². The fourth-order valence-electron chi connectivity index (χ4n) is 2.48. The lowest BCUT2D eigenvalue weighted by Gasteiger charge is -1.94. The van der Waals surface area contributed by atoms with Crippen molar-refractivity contribution < 1.29 is 4.39 Å². The molecule has 2 heterocycles. The van der Waals surface area contributed by atoms with Gasteiger partial charge in [-0.05, 0) is 48.2 Å². The number of H-pyrrole nitrogens is 1. The molecular formula is C16H10BrFN2S. The Hall–Kier alpha value is -1.72. The Labute approximate surface area is 132 Å². The normalized spacial score (nSPS) is 11.6. The highest BCUT2D eigenvalue weighted by Gasteiger charge is 2.11. The summed E-state index contributed by atoms with van der Waals surface area (Å²) in [5, 5.41) is 1.04. The van der Waals surface area contributed by atoms with Gasteiger partial charge in [-0.3, -0.25) is 0 Å². The summed E-state index contributed by atoms with van der Waals surface area (Å²) in [7, 11) is 0. The first-order chi connectivity index (χ1) is 10.1. The standard InChI is InChI=1S/C16H10BrFN2S/c1-8-4-10(17)6-12-15(8)20-16(19-12)14-5-9-2-3-11(18)7-13(9)21-14/h2-7H,1H3,(H,19,20). The molecule has 4 rings (SSSR count). The number of nitrogens with one attached hydrogen (secondary N) is 1. The van der Waals surface area contributed by atoms with Crippen LogP contribution in [-0.4, -0.2) is 9.97 Å². The summed E-state index contributed by atoms with van der Waals surface area (Å²) < 4.78 is 15.3. The van der Waals surface area contributed by atoms with Gasteiger partial charge in [-0.1, -0.05) is 22.0 Å². The molecule has 0 aliphatic heterocycles. The molecule has 0 aliphatic rings. The van der Waals surface area contributed by atoms with Crippen LogP contribution in [0.15, 0.2) is 40.9 Å². The zero-order valence-corrected chi connectivity index (χ0v) is 13.5. The van der Waals surface area contributed by atoms with Gasteiger partial charge >= 0.3 is 0 Å². The molecule has 0 saturated carbocycles. The van der Waals surface area contributed by atoms with E-state index in [1.807, 2.05) is 25.1 Å². The first-order valence-electron chi connectivity index (χ1n) is 6.45. The lowest BCUT2D eigenvalue weighted by Crippen LogP contribution is -1.76. The molecule has 0 radical (unpaired) electrons. The fourth-order valence-corrected chi connectivity index (χ4v) is 4.09. The summed E-state index contributed by atoms with van der Waals surface area (Å²) >= 11 is 5.04. The lowest BCUT2D eigenvalue weighted by atomic mass is 10.2. The van der Waals surface area contributed by atoms with Crippen LogP contribution in [0.5, 0.6) is 0 Å². The zero-order valence-electron chi connectivity index (χ0n) is 11.1. The highest BCUT2D eigenvalue weighted by Crippen LogP contribution is 2.34. The molecule has 0 bridgehead atoms. The first kappa shape index (κ1) is 13.0. The van der Waals surface area contributed by atoms with Crippen LogP contribution in [0.3, 0.4) is 0 Å². The third kappa shape index (κ3) is 2.17. The molecule has 2 aromatic carbocycles. The SMILES string of the molecule is Cc1cc(Br)cc2[nH]c(-c3cc4ccc(F)cc4s3)nc12. The molecule has 4 aromatic rings. The Morgan fingerprint density at radius 3 is 2.90 bits per heavy atom. The van der Waals surface area contributed by atoms with Gasteiger partial charge in [-0.2, -0.15) is 0 Å². The van der Waals surface area contributed by atoms with Gasteiger partial charge in [0.15, 0.2) is 0 Å². The number of rotatable bonds is 1. The number of aromatic nitrogens is 2. The second kappa shape index (κ2) is 4.64. The summed E-state index contributed by atoms with van der Waals surface area (Å²) in [6, 6.07) is 11.0. The molecule has 0 fully saturated rings. The van der Waals surface area contributed by atoms with Crippen molar-refractivity contribution in [3.05, 3.63) is 52.3 Å². The van der Waals surface area contributed by atoms with E-state index < -0.39 is 0 Å². The van der Waals surface area contributed by atoms with Gasteiger partial charge in [0.25, 0.3) is 0 Å². The summed E-state index contributed by atoms with van der Waals surface area (Å²) in [4.78, 5) is 9.04. The maximum Gasteiger partial charge on any atom is 0.148 e. The van der Waals surface area contributed by atoms with Crippen molar-refractivity contribution >= 4 is 48.4 Å². The quantitative estimate of drug-likeness (QED) is 0.466. The van der Waals surface area contributed by atoms with E-state index in [0.29, 0.717) is 0 Å². The van der Waals surface area contributed by atoms with E-state index >= 15 is 0 Å². The number of halogens is 2. The van der Waals surface area contributed by atoms with Crippen LogP contribution in [0.1, 0.15) is 5.56 Å². The van der Waals surface area contributed by atoms with E-state index in [1.165, 1.54) is 6.07 Å². The predicted octanol–water partition coefficient (Wildman–Crippen LogP) is 5.65. The largest absolute Gasteiger partial charge is 0.337 e. The summed E-state index contributed by atoms with van der Waals surface area (Å²) in [6.07, 6.45) is 0. The van der Waals surface area contributed by atoms with Crippen LogP contribution in [-0.2, 0) is 0 Å². The summed E-state index contributed by atoms with van der Waals surface area (Å²) in [6.45, 7) is 2.04. The number of imidazole rings is 1.